The predicted molar refractivity (Wildman–Crippen MR) is 84.9 cm³/mol. The third-order valence-corrected chi connectivity index (χ3v) is 3.89. The highest BCUT2D eigenvalue weighted by atomic mass is 35.5. The van der Waals surface area contributed by atoms with E-state index in [9.17, 15) is 0 Å². The zero-order valence-corrected chi connectivity index (χ0v) is 14.2. The van der Waals surface area contributed by atoms with Crippen LogP contribution in [0.15, 0.2) is 24.3 Å². The Labute approximate surface area is 123 Å². The maximum Gasteiger partial charge on any atom is 0.0432 e. The number of hydrogen-bond donors (Lipinski definition) is 0. The molecule has 0 saturated carbocycles. The van der Waals surface area contributed by atoms with E-state index >= 15 is 0 Å². The second-order valence-corrected chi connectivity index (χ2v) is 7.96. The van der Waals surface area contributed by atoms with Crippen molar-refractivity contribution in [3.63, 3.8) is 0 Å². The van der Waals surface area contributed by atoms with Crippen LogP contribution in [0.5, 0.6) is 0 Å². The average Bonchev–Trinajstić information content (AvgIpc) is 2.14. The minimum atomic E-state index is -0.217. The first-order chi connectivity index (χ1) is 7.94. The van der Waals surface area contributed by atoms with Crippen molar-refractivity contribution in [1.82, 2.24) is 0 Å². The van der Waals surface area contributed by atoms with E-state index in [1.54, 1.807) is 0 Å². The van der Waals surface area contributed by atoms with Gasteiger partial charge in [-0.25, -0.2) is 0 Å². The molecule has 0 aliphatic rings. The average molecular weight is 289 g/mol. The summed E-state index contributed by atoms with van der Waals surface area (Å²) in [5.74, 6) is 0.295. The van der Waals surface area contributed by atoms with Crippen LogP contribution < -0.4 is 0 Å². The Morgan fingerprint density at radius 1 is 0.889 bits per heavy atom. The lowest BCUT2D eigenvalue weighted by Crippen LogP contribution is -2.35. The summed E-state index contributed by atoms with van der Waals surface area (Å²) < 4.78 is 0. The Morgan fingerprint density at radius 2 is 1.22 bits per heavy atom. The number of rotatable bonds is 2. The zero-order valence-electron chi connectivity index (χ0n) is 12.6. The highest BCUT2D eigenvalue weighted by Gasteiger charge is 2.34. The summed E-state index contributed by atoms with van der Waals surface area (Å²) in [5, 5.41) is 0. The van der Waals surface area contributed by atoms with Gasteiger partial charge < -0.3 is 0 Å². The molecule has 0 spiro atoms. The summed E-state index contributed by atoms with van der Waals surface area (Å²) >= 11 is 12.2. The molecule has 2 heteroatoms. The molecule has 0 amide bonds. The Morgan fingerprint density at radius 3 is 1.33 bits per heavy atom. The van der Waals surface area contributed by atoms with Crippen molar-refractivity contribution < 1.29 is 0 Å². The van der Waals surface area contributed by atoms with E-state index in [4.69, 9.17) is 23.2 Å². The number of aryl methyl sites for hydroxylation is 2. The van der Waals surface area contributed by atoms with Gasteiger partial charge in [0, 0.05) is 9.75 Å². The van der Waals surface area contributed by atoms with E-state index < -0.39 is 0 Å². The standard InChI is InChI=1S/C8H16Cl2.C8H10/c1-6(7(2,3)9)8(4,5)10;1-7-4-3-5-8(2)6-7/h6H,1-5H3;3-6H,1-2H3. The van der Waals surface area contributed by atoms with Crippen LogP contribution in [0.3, 0.4) is 0 Å². The van der Waals surface area contributed by atoms with Crippen LogP contribution in [-0.4, -0.2) is 9.75 Å². The fraction of sp³-hybridized carbons (Fsp3) is 0.625. The van der Waals surface area contributed by atoms with Crippen molar-refractivity contribution in [3.8, 4) is 0 Å². The van der Waals surface area contributed by atoms with Gasteiger partial charge in [0.1, 0.15) is 0 Å². The molecule has 0 N–H and O–H groups in total. The van der Waals surface area contributed by atoms with Gasteiger partial charge in [-0.15, -0.1) is 23.2 Å². The third kappa shape index (κ3) is 7.28. The maximum absolute atomic E-state index is 6.08. The molecular weight excluding hydrogens is 263 g/mol. The van der Waals surface area contributed by atoms with E-state index in [0.717, 1.165) is 0 Å². The molecule has 1 rings (SSSR count). The Balaban J connectivity index is 0.000000327. The Hall–Kier alpha value is -0.200. The van der Waals surface area contributed by atoms with E-state index in [-0.39, 0.29) is 9.75 Å². The Kier molecular flexibility index (Phi) is 6.74. The lowest BCUT2D eigenvalue weighted by molar-refractivity contribution is 0.366. The number of benzene rings is 1. The quantitative estimate of drug-likeness (QED) is 0.589. The van der Waals surface area contributed by atoms with Gasteiger partial charge in [0.15, 0.2) is 0 Å². The van der Waals surface area contributed by atoms with Crippen molar-refractivity contribution in [3.05, 3.63) is 35.4 Å². The molecule has 0 fully saturated rings. The van der Waals surface area contributed by atoms with Crippen LogP contribution in [-0.2, 0) is 0 Å². The SMILES string of the molecule is CC(C(C)(C)Cl)C(C)(C)Cl.Cc1cccc(C)c1. The molecular formula is C16H26Cl2. The molecule has 0 bridgehead atoms. The van der Waals surface area contributed by atoms with Gasteiger partial charge in [0.05, 0.1) is 0 Å². The third-order valence-electron chi connectivity index (χ3n) is 3.23. The fourth-order valence-corrected chi connectivity index (χ4v) is 2.22. The first-order valence-corrected chi connectivity index (χ1v) is 7.11. The normalized spacial score (nSPS) is 12.1. The first kappa shape index (κ1) is 17.8. The second kappa shape index (κ2) is 6.82. The lowest BCUT2D eigenvalue weighted by atomic mass is 9.86. The zero-order chi connectivity index (χ0) is 14.6. The molecule has 1 aromatic rings. The van der Waals surface area contributed by atoms with Crippen molar-refractivity contribution in [2.75, 3.05) is 0 Å². The molecule has 0 heterocycles. The molecule has 0 saturated heterocycles. The highest BCUT2D eigenvalue weighted by molar-refractivity contribution is 6.27. The smallest absolute Gasteiger partial charge is 0.0432 e. The van der Waals surface area contributed by atoms with Crippen molar-refractivity contribution in [2.45, 2.75) is 58.2 Å². The second-order valence-electron chi connectivity index (χ2n) is 6.01. The van der Waals surface area contributed by atoms with E-state index in [2.05, 4.69) is 45.0 Å². The number of alkyl halides is 2. The Bertz CT molecular complexity index is 325. The van der Waals surface area contributed by atoms with Gasteiger partial charge in [0.2, 0.25) is 0 Å². The number of halogens is 2. The molecule has 0 aliphatic carbocycles. The molecule has 0 radical (unpaired) electrons. The van der Waals surface area contributed by atoms with Crippen molar-refractivity contribution in [1.29, 1.82) is 0 Å². The highest BCUT2D eigenvalue weighted by Crippen LogP contribution is 2.36. The molecule has 0 nitrogen and oxygen atoms in total. The minimum absolute atomic E-state index is 0.217. The van der Waals surface area contributed by atoms with Gasteiger partial charge in [-0.3, -0.25) is 0 Å². The summed E-state index contributed by atoms with van der Waals surface area (Å²) in [6, 6.07) is 8.45. The monoisotopic (exact) mass is 288 g/mol. The topological polar surface area (TPSA) is 0 Å². The van der Waals surface area contributed by atoms with E-state index in [1.165, 1.54) is 11.1 Å². The molecule has 0 unspecified atom stereocenters. The van der Waals surface area contributed by atoms with Crippen LogP contribution in [0, 0.1) is 19.8 Å². The van der Waals surface area contributed by atoms with Gasteiger partial charge in [-0.2, -0.15) is 0 Å². The molecule has 104 valence electrons. The van der Waals surface area contributed by atoms with Crippen molar-refractivity contribution in [2.24, 2.45) is 5.92 Å². The lowest BCUT2D eigenvalue weighted by Gasteiger charge is -2.34. The molecule has 0 atom stereocenters. The van der Waals surface area contributed by atoms with Gasteiger partial charge >= 0.3 is 0 Å². The van der Waals surface area contributed by atoms with Crippen LogP contribution in [0.4, 0.5) is 0 Å². The molecule has 0 aliphatic heterocycles. The summed E-state index contributed by atoms with van der Waals surface area (Å²) in [7, 11) is 0. The van der Waals surface area contributed by atoms with Crippen LogP contribution in [0.1, 0.15) is 45.7 Å². The summed E-state index contributed by atoms with van der Waals surface area (Å²) in [6.07, 6.45) is 0. The molecule has 0 aromatic heterocycles. The predicted octanol–water partition coefficient (Wildman–Crippen LogP) is 5.96. The van der Waals surface area contributed by atoms with Gasteiger partial charge in [-0.1, -0.05) is 42.3 Å². The summed E-state index contributed by atoms with van der Waals surface area (Å²) in [6.45, 7) is 14.2. The minimum Gasteiger partial charge on any atom is -0.120 e. The molecule has 18 heavy (non-hydrogen) atoms. The van der Waals surface area contributed by atoms with Gasteiger partial charge in [-0.05, 0) is 47.5 Å². The van der Waals surface area contributed by atoms with Crippen LogP contribution in [0.2, 0.25) is 0 Å². The summed E-state index contributed by atoms with van der Waals surface area (Å²) in [5.41, 5.74) is 2.68. The van der Waals surface area contributed by atoms with E-state index in [1.807, 2.05) is 27.7 Å². The fourth-order valence-electron chi connectivity index (χ4n) is 1.62. The number of hydrogen-bond acceptors (Lipinski definition) is 0. The maximum atomic E-state index is 6.08. The van der Waals surface area contributed by atoms with Crippen LogP contribution in [0.25, 0.3) is 0 Å². The van der Waals surface area contributed by atoms with E-state index in [0.29, 0.717) is 5.92 Å². The molecule has 1 aromatic carbocycles. The van der Waals surface area contributed by atoms with Gasteiger partial charge in [0.25, 0.3) is 0 Å². The van der Waals surface area contributed by atoms with Crippen LogP contribution >= 0.6 is 23.2 Å². The largest absolute Gasteiger partial charge is 0.120 e. The summed E-state index contributed by atoms with van der Waals surface area (Å²) in [4.78, 5) is -0.434. The first-order valence-electron chi connectivity index (χ1n) is 6.35. The van der Waals surface area contributed by atoms with Crippen molar-refractivity contribution >= 4 is 23.2 Å².